The highest BCUT2D eigenvalue weighted by atomic mass is 16.6. The van der Waals surface area contributed by atoms with Crippen molar-refractivity contribution in [2.45, 2.75) is 19.1 Å². The number of H-pyrrole nitrogens is 1. The first-order chi connectivity index (χ1) is 9.83. The monoisotopic (exact) mass is 270 g/mol. The van der Waals surface area contributed by atoms with Crippen molar-refractivity contribution in [1.29, 1.82) is 0 Å². The maximum atomic E-state index is 12.0. The first kappa shape index (κ1) is 12.4. The van der Waals surface area contributed by atoms with Crippen molar-refractivity contribution < 1.29 is 9.63 Å². The average molecular weight is 270 g/mol. The molecule has 0 saturated heterocycles. The Balaban J connectivity index is 1.54. The molecule has 1 aliphatic heterocycles. The van der Waals surface area contributed by atoms with Gasteiger partial charge in [0.1, 0.15) is 0 Å². The number of aromatic nitrogens is 2. The second kappa shape index (κ2) is 5.56. The standard InChI is InChI=1S/C14H14N4O2/c19-14(15-9-11-6-7-16-17-11)13-8-12(18-20-13)10-4-2-1-3-5-10/h1-7,13H,8-9H2,(H,15,19)(H,16,17). The summed E-state index contributed by atoms with van der Waals surface area (Å²) in [6, 6.07) is 11.5. The number of oxime groups is 1. The van der Waals surface area contributed by atoms with Crippen molar-refractivity contribution in [1.82, 2.24) is 15.5 Å². The second-order valence-corrected chi connectivity index (χ2v) is 4.50. The van der Waals surface area contributed by atoms with Gasteiger partial charge in [0, 0.05) is 12.6 Å². The fraction of sp³-hybridized carbons (Fsp3) is 0.214. The lowest BCUT2D eigenvalue weighted by Gasteiger charge is -2.08. The Morgan fingerprint density at radius 3 is 2.95 bits per heavy atom. The molecule has 3 rings (SSSR count). The van der Waals surface area contributed by atoms with Crippen LogP contribution in [0.2, 0.25) is 0 Å². The lowest BCUT2D eigenvalue weighted by Crippen LogP contribution is -2.34. The first-order valence-electron chi connectivity index (χ1n) is 6.37. The lowest BCUT2D eigenvalue weighted by molar-refractivity contribution is -0.131. The molecule has 1 unspecified atom stereocenters. The summed E-state index contributed by atoms with van der Waals surface area (Å²) >= 11 is 0. The predicted octanol–water partition coefficient (Wildman–Crippen LogP) is 1.22. The lowest BCUT2D eigenvalue weighted by atomic mass is 10.0. The van der Waals surface area contributed by atoms with E-state index in [1.807, 2.05) is 36.4 Å². The first-order valence-corrected chi connectivity index (χ1v) is 6.37. The van der Waals surface area contributed by atoms with Crippen LogP contribution in [0.15, 0.2) is 47.8 Å². The van der Waals surface area contributed by atoms with Gasteiger partial charge in [0.15, 0.2) is 0 Å². The molecule has 0 spiro atoms. The summed E-state index contributed by atoms with van der Waals surface area (Å²) in [5, 5.41) is 13.4. The summed E-state index contributed by atoms with van der Waals surface area (Å²) in [6.07, 6.45) is 1.57. The number of amides is 1. The summed E-state index contributed by atoms with van der Waals surface area (Å²) in [5.41, 5.74) is 2.63. The smallest absolute Gasteiger partial charge is 0.264 e. The van der Waals surface area contributed by atoms with Gasteiger partial charge in [0.2, 0.25) is 6.10 Å². The van der Waals surface area contributed by atoms with Crippen molar-refractivity contribution >= 4 is 11.6 Å². The highest BCUT2D eigenvalue weighted by molar-refractivity contribution is 6.04. The van der Waals surface area contributed by atoms with E-state index in [9.17, 15) is 4.79 Å². The third kappa shape index (κ3) is 2.69. The normalized spacial score (nSPS) is 17.4. The van der Waals surface area contributed by atoms with E-state index in [0.717, 1.165) is 17.0 Å². The number of nitrogens with zero attached hydrogens (tertiary/aromatic N) is 2. The summed E-state index contributed by atoms with van der Waals surface area (Å²) in [4.78, 5) is 17.2. The maximum absolute atomic E-state index is 12.0. The van der Waals surface area contributed by atoms with Crippen LogP contribution in [0.3, 0.4) is 0 Å². The number of rotatable bonds is 4. The van der Waals surface area contributed by atoms with Crippen LogP contribution in [-0.4, -0.2) is 27.9 Å². The van der Waals surface area contributed by atoms with Gasteiger partial charge in [-0.25, -0.2) is 0 Å². The van der Waals surface area contributed by atoms with E-state index in [1.165, 1.54) is 0 Å². The highest BCUT2D eigenvalue weighted by Crippen LogP contribution is 2.16. The van der Waals surface area contributed by atoms with Crippen LogP contribution >= 0.6 is 0 Å². The van der Waals surface area contributed by atoms with Crippen LogP contribution in [0.4, 0.5) is 0 Å². The molecule has 0 radical (unpaired) electrons. The minimum atomic E-state index is -0.562. The Morgan fingerprint density at radius 1 is 1.35 bits per heavy atom. The summed E-state index contributed by atoms with van der Waals surface area (Å²) in [7, 11) is 0. The van der Waals surface area contributed by atoms with Crippen LogP contribution in [0.1, 0.15) is 17.7 Å². The number of carbonyl (C=O) groups excluding carboxylic acids is 1. The van der Waals surface area contributed by atoms with Gasteiger partial charge in [-0.1, -0.05) is 35.5 Å². The molecule has 0 aliphatic carbocycles. The molecular formula is C14H14N4O2. The molecule has 0 saturated carbocycles. The van der Waals surface area contributed by atoms with Crippen LogP contribution in [0.5, 0.6) is 0 Å². The Labute approximate surface area is 115 Å². The molecule has 20 heavy (non-hydrogen) atoms. The molecule has 2 aromatic rings. The van der Waals surface area contributed by atoms with Gasteiger partial charge in [0.05, 0.1) is 18.0 Å². The SMILES string of the molecule is O=C(NCc1ccn[nH]1)C1CC(c2ccccc2)=NO1. The predicted molar refractivity (Wildman–Crippen MR) is 72.9 cm³/mol. The molecule has 1 aromatic heterocycles. The molecule has 0 bridgehead atoms. The van der Waals surface area contributed by atoms with Gasteiger partial charge in [-0.05, 0) is 11.6 Å². The number of hydrogen-bond acceptors (Lipinski definition) is 4. The van der Waals surface area contributed by atoms with Crippen molar-refractivity contribution in [3.8, 4) is 0 Å². The Hall–Kier alpha value is -2.63. The molecule has 1 aliphatic rings. The Bertz CT molecular complexity index is 607. The van der Waals surface area contributed by atoms with Crippen molar-refractivity contribution in [3.05, 3.63) is 53.9 Å². The van der Waals surface area contributed by atoms with Crippen LogP contribution in [0, 0.1) is 0 Å². The van der Waals surface area contributed by atoms with Crippen LogP contribution < -0.4 is 5.32 Å². The highest BCUT2D eigenvalue weighted by Gasteiger charge is 2.28. The molecule has 102 valence electrons. The summed E-state index contributed by atoms with van der Waals surface area (Å²) < 4.78 is 0. The molecule has 0 fully saturated rings. The largest absolute Gasteiger partial charge is 0.382 e. The number of nitrogens with one attached hydrogen (secondary N) is 2. The van der Waals surface area contributed by atoms with Crippen LogP contribution in [-0.2, 0) is 16.2 Å². The van der Waals surface area contributed by atoms with E-state index in [1.54, 1.807) is 6.20 Å². The van der Waals surface area contributed by atoms with E-state index >= 15 is 0 Å². The number of carbonyl (C=O) groups is 1. The molecule has 1 amide bonds. The van der Waals surface area contributed by atoms with E-state index in [4.69, 9.17) is 4.84 Å². The second-order valence-electron chi connectivity index (χ2n) is 4.50. The molecule has 6 nitrogen and oxygen atoms in total. The molecular weight excluding hydrogens is 256 g/mol. The zero-order chi connectivity index (χ0) is 13.8. The quantitative estimate of drug-likeness (QED) is 0.876. The Morgan fingerprint density at radius 2 is 2.20 bits per heavy atom. The molecule has 2 heterocycles. The molecule has 6 heteroatoms. The van der Waals surface area contributed by atoms with E-state index in [2.05, 4.69) is 20.7 Å². The molecule has 1 aromatic carbocycles. The van der Waals surface area contributed by atoms with Crippen molar-refractivity contribution in [3.63, 3.8) is 0 Å². The third-order valence-corrected chi connectivity index (χ3v) is 3.08. The van der Waals surface area contributed by atoms with Gasteiger partial charge in [-0.15, -0.1) is 0 Å². The summed E-state index contributed by atoms with van der Waals surface area (Å²) in [5.74, 6) is -0.172. The van der Waals surface area contributed by atoms with E-state index in [0.29, 0.717) is 13.0 Å². The van der Waals surface area contributed by atoms with Crippen molar-refractivity contribution in [2.75, 3.05) is 0 Å². The molecule has 2 N–H and O–H groups in total. The topological polar surface area (TPSA) is 79.4 Å². The number of hydrogen-bond donors (Lipinski definition) is 2. The number of aromatic amines is 1. The zero-order valence-electron chi connectivity index (χ0n) is 10.7. The fourth-order valence-electron chi connectivity index (χ4n) is 2.00. The van der Waals surface area contributed by atoms with Crippen molar-refractivity contribution in [2.24, 2.45) is 5.16 Å². The molecule has 1 atom stereocenters. The summed E-state index contributed by atoms with van der Waals surface area (Å²) in [6.45, 7) is 0.402. The van der Waals surface area contributed by atoms with Gasteiger partial charge >= 0.3 is 0 Å². The fourth-order valence-corrected chi connectivity index (χ4v) is 2.00. The minimum absolute atomic E-state index is 0.172. The van der Waals surface area contributed by atoms with E-state index in [-0.39, 0.29) is 5.91 Å². The number of benzene rings is 1. The minimum Gasteiger partial charge on any atom is -0.382 e. The zero-order valence-corrected chi connectivity index (χ0v) is 10.7. The van der Waals surface area contributed by atoms with Crippen LogP contribution in [0.25, 0.3) is 0 Å². The average Bonchev–Trinajstić information content (AvgIpc) is 3.17. The van der Waals surface area contributed by atoms with Gasteiger partial charge < -0.3 is 10.2 Å². The van der Waals surface area contributed by atoms with Gasteiger partial charge in [0.25, 0.3) is 5.91 Å². The van der Waals surface area contributed by atoms with Gasteiger partial charge in [-0.3, -0.25) is 9.89 Å². The maximum Gasteiger partial charge on any atom is 0.264 e. The third-order valence-electron chi connectivity index (χ3n) is 3.08. The van der Waals surface area contributed by atoms with Gasteiger partial charge in [-0.2, -0.15) is 5.10 Å². The Kier molecular flexibility index (Phi) is 3.45. The van der Waals surface area contributed by atoms with E-state index < -0.39 is 6.10 Å².